The van der Waals surface area contributed by atoms with E-state index in [4.69, 9.17) is 0 Å². The molecule has 5 amide bonds. The van der Waals surface area contributed by atoms with Gasteiger partial charge in [-0.3, -0.25) is 19.7 Å². The zero-order chi connectivity index (χ0) is 23.7. The second-order valence-corrected chi connectivity index (χ2v) is 8.77. The van der Waals surface area contributed by atoms with Crippen molar-refractivity contribution in [3.63, 3.8) is 0 Å². The third-order valence-corrected chi connectivity index (χ3v) is 6.49. The van der Waals surface area contributed by atoms with E-state index < -0.39 is 11.9 Å². The first-order chi connectivity index (χ1) is 16.5. The first-order valence-electron chi connectivity index (χ1n) is 11.5. The molecule has 3 aliphatic heterocycles. The van der Waals surface area contributed by atoms with Crippen LogP contribution in [0.15, 0.2) is 36.5 Å². The number of anilines is 2. The van der Waals surface area contributed by atoms with Gasteiger partial charge in [-0.2, -0.15) is 0 Å². The van der Waals surface area contributed by atoms with Crippen LogP contribution in [0.25, 0.3) is 0 Å². The number of hydrogen-bond acceptors (Lipinski definition) is 6. The molecule has 1 aromatic heterocycles. The predicted molar refractivity (Wildman–Crippen MR) is 124 cm³/mol. The Morgan fingerprint density at radius 2 is 1.97 bits per heavy atom. The van der Waals surface area contributed by atoms with Crippen LogP contribution in [0.1, 0.15) is 47.2 Å². The minimum atomic E-state index is -0.644. The molecule has 0 spiro atoms. The van der Waals surface area contributed by atoms with Gasteiger partial charge in [0.05, 0.1) is 5.69 Å². The summed E-state index contributed by atoms with van der Waals surface area (Å²) in [5.41, 5.74) is 2.78. The van der Waals surface area contributed by atoms with Crippen LogP contribution in [0.4, 0.5) is 16.3 Å². The van der Waals surface area contributed by atoms with E-state index in [0.29, 0.717) is 24.2 Å². The fourth-order valence-electron chi connectivity index (χ4n) is 4.74. The molecule has 2 aromatic rings. The lowest BCUT2D eigenvalue weighted by Gasteiger charge is -2.29. The quantitative estimate of drug-likeness (QED) is 0.582. The van der Waals surface area contributed by atoms with Crippen LogP contribution >= 0.6 is 0 Å². The van der Waals surface area contributed by atoms with Gasteiger partial charge >= 0.3 is 6.03 Å². The first kappa shape index (κ1) is 21.9. The molecule has 0 saturated carbocycles. The molecule has 0 bridgehead atoms. The number of nitrogens with one attached hydrogen (secondary N) is 3. The summed E-state index contributed by atoms with van der Waals surface area (Å²) in [6.45, 7) is 2.41. The Kier molecular flexibility index (Phi) is 5.87. The highest BCUT2D eigenvalue weighted by atomic mass is 16.2. The van der Waals surface area contributed by atoms with E-state index in [1.165, 1.54) is 4.90 Å². The summed E-state index contributed by atoms with van der Waals surface area (Å²) < 4.78 is 0. The Hall–Kier alpha value is -3.95. The molecule has 34 heavy (non-hydrogen) atoms. The van der Waals surface area contributed by atoms with Crippen LogP contribution in [-0.4, -0.2) is 52.8 Å². The van der Waals surface area contributed by atoms with E-state index in [0.717, 1.165) is 42.9 Å². The van der Waals surface area contributed by atoms with Crippen LogP contribution in [0, 0.1) is 0 Å². The minimum absolute atomic E-state index is 0.219. The van der Waals surface area contributed by atoms with E-state index in [1.807, 2.05) is 18.2 Å². The lowest BCUT2D eigenvalue weighted by Crippen LogP contribution is -2.52. The molecule has 10 nitrogen and oxygen atoms in total. The number of piperidine rings is 1. The van der Waals surface area contributed by atoms with Crippen molar-refractivity contribution in [3.05, 3.63) is 53.2 Å². The number of pyridine rings is 1. The van der Waals surface area contributed by atoms with Gasteiger partial charge in [-0.1, -0.05) is 12.1 Å². The highest BCUT2D eigenvalue weighted by Gasteiger charge is 2.39. The van der Waals surface area contributed by atoms with Gasteiger partial charge in [0.1, 0.15) is 6.04 Å². The van der Waals surface area contributed by atoms with Crippen molar-refractivity contribution in [1.29, 1.82) is 0 Å². The van der Waals surface area contributed by atoms with E-state index in [2.05, 4.69) is 25.8 Å². The Labute approximate surface area is 196 Å². The van der Waals surface area contributed by atoms with Crippen LogP contribution in [-0.2, 0) is 22.7 Å². The van der Waals surface area contributed by atoms with Gasteiger partial charge in [0.2, 0.25) is 11.8 Å². The van der Waals surface area contributed by atoms with Gasteiger partial charge in [0.25, 0.3) is 5.91 Å². The van der Waals surface area contributed by atoms with Crippen LogP contribution in [0.3, 0.4) is 0 Å². The number of imide groups is 1. The molecule has 3 N–H and O–H groups in total. The number of aromatic nitrogens is 1. The number of fused-ring (bicyclic) bond motifs is 1. The van der Waals surface area contributed by atoms with Gasteiger partial charge in [-0.25, -0.2) is 9.78 Å². The standard InChI is InChI=1S/C24H26N6O4/c31-20-8-7-19(22(32)28-20)30-14-16-6-5-15(12-17(16)23(30)33)13-26-24(34)27-18-4-3-9-25-21(18)29-10-1-2-11-29/h3-6,9,12,19H,1-2,7-8,10-11,13-14H2,(H2,26,27,34)(H,28,31,32). The van der Waals surface area contributed by atoms with Gasteiger partial charge in [-0.05, 0) is 48.6 Å². The summed E-state index contributed by atoms with van der Waals surface area (Å²) in [6, 6.07) is 8.08. The number of carbonyl (C=O) groups is 4. The molecule has 5 rings (SSSR count). The molecule has 10 heteroatoms. The maximum absolute atomic E-state index is 13.0. The smallest absolute Gasteiger partial charge is 0.319 e. The summed E-state index contributed by atoms with van der Waals surface area (Å²) >= 11 is 0. The van der Waals surface area contributed by atoms with Crippen molar-refractivity contribution in [2.75, 3.05) is 23.3 Å². The maximum Gasteiger partial charge on any atom is 0.319 e. The first-order valence-corrected chi connectivity index (χ1v) is 11.5. The summed E-state index contributed by atoms with van der Waals surface area (Å²) in [5.74, 6) is -0.205. The Morgan fingerprint density at radius 3 is 2.76 bits per heavy atom. The third kappa shape index (κ3) is 4.30. The van der Waals surface area contributed by atoms with Crippen LogP contribution in [0.2, 0.25) is 0 Å². The van der Waals surface area contributed by atoms with Crippen molar-refractivity contribution in [2.24, 2.45) is 0 Å². The highest BCUT2D eigenvalue weighted by Crippen LogP contribution is 2.29. The van der Waals surface area contributed by atoms with E-state index >= 15 is 0 Å². The molecule has 1 aromatic carbocycles. The predicted octanol–water partition coefficient (Wildman–Crippen LogP) is 1.76. The zero-order valence-corrected chi connectivity index (χ0v) is 18.7. The van der Waals surface area contributed by atoms with E-state index in [1.54, 1.807) is 18.3 Å². The summed E-state index contributed by atoms with van der Waals surface area (Å²) in [5, 5.41) is 8.02. The van der Waals surface area contributed by atoms with Crippen molar-refractivity contribution in [3.8, 4) is 0 Å². The lowest BCUT2D eigenvalue weighted by atomic mass is 10.0. The molecule has 1 unspecified atom stereocenters. The normalized spacial score (nSPS) is 19.8. The Bertz CT molecular complexity index is 1160. The number of carbonyl (C=O) groups excluding carboxylic acids is 4. The van der Waals surface area contributed by atoms with Gasteiger partial charge < -0.3 is 20.4 Å². The Morgan fingerprint density at radius 1 is 1.15 bits per heavy atom. The van der Waals surface area contributed by atoms with Gasteiger partial charge in [-0.15, -0.1) is 0 Å². The number of hydrogen-bond donors (Lipinski definition) is 3. The second-order valence-electron chi connectivity index (χ2n) is 8.77. The van der Waals surface area contributed by atoms with Crippen molar-refractivity contribution >= 4 is 35.3 Å². The molecule has 4 heterocycles. The second kappa shape index (κ2) is 9.12. The van der Waals surface area contributed by atoms with Crippen molar-refractivity contribution < 1.29 is 19.2 Å². The fourth-order valence-corrected chi connectivity index (χ4v) is 4.74. The van der Waals surface area contributed by atoms with Gasteiger partial charge in [0, 0.05) is 44.4 Å². The molecular weight excluding hydrogens is 436 g/mol. The number of benzene rings is 1. The number of nitrogens with zero attached hydrogens (tertiary/aromatic N) is 3. The highest BCUT2D eigenvalue weighted by molar-refractivity contribution is 6.05. The molecule has 0 aliphatic carbocycles. The van der Waals surface area contributed by atoms with Crippen molar-refractivity contribution in [2.45, 2.75) is 44.8 Å². The summed E-state index contributed by atoms with van der Waals surface area (Å²) in [7, 11) is 0. The summed E-state index contributed by atoms with van der Waals surface area (Å²) in [6.07, 6.45) is 4.49. The van der Waals surface area contributed by atoms with E-state index in [9.17, 15) is 19.2 Å². The topological polar surface area (TPSA) is 124 Å². The van der Waals surface area contributed by atoms with Gasteiger partial charge in [0.15, 0.2) is 5.82 Å². The SMILES string of the molecule is O=C1CCC(N2Cc3ccc(CNC(=O)Nc4cccnc4N4CCCC4)cc3C2=O)C(=O)N1. The number of amides is 5. The molecule has 2 saturated heterocycles. The molecule has 3 aliphatic rings. The molecular formula is C24H26N6O4. The van der Waals surface area contributed by atoms with Crippen LogP contribution < -0.4 is 20.9 Å². The largest absolute Gasteiger partial charge is 0.355 e. The minimum Gasteiger partial charge on any atom is -0.355 e. The average molecular weight is 463 g/mol. The molecule has 176 valence electrons. The number of urea groups is 1. The zero-order valence-electron chi connectivity index (χ0n) is 18.7. The summed E-state index contributed by atoms with van der Waals surface area (Å²) in [4.78, 5) is 57.3. The maximum atomic E-state index is 13.0. The lowest BCUT2D eigenvalue weighted by molar-refractivity contribution is -0.136. The monoisotopic (exact) mass is 462 g/mol. The van der Waals surface area contributed by atoms with E-state index in [-0.39, 0.29) is 30.8 Å². The van der Waals surface area contributed by atoms with Crippen molar-refractivity contribution in [1.82, 2.24) is 20.5 Å². The average Bonchev–Trinajstić information content (AvgIpc) is 3.47. The molecule has 0 radical (unpaired) electrons. The Balaban J connectivity index is 1.21. The third-order valence-electron chi connectivity index (χ3n) is 6.49. The molecule has 2 fully saturated rings. The number of rotatable bonds is 5. The fraction of sp³-hybridized carbons (Fsp3) is 0.375. The van der Waals surface area contributed by atoms with Crippen LogP contribution in [0.5, 0.6) is 0 Å². The molecule has 1 atom stereocenters.